The molecule has 1 heterocycles. The normalized spacial score (nSPS) is 10.8. The predicted octanol–water partition coefficient (Wildman–Crippen LogP) is 8.89. The smallest absolute Gasteiger partial charge is 0.253 e. The van der Waals surface area contributed by atoms with E-state index in [4.69, 9.17) is 66.0 Å². The first kappa shape index (κ1) is 39.6. The maximum Gasteiger partial charge on any atom is 0.253 e. The number of halogens is 4. The molecule has 0 saturated carbocycles. The van der Waals surface area contributed by atoms with E-state index in [2.05, 4.69) is 5.32 Å². The Balaban J connectivity index is 0.00000177. The van der Waals surface area contributed by atoms with Gasteiger partial charge in [-0.1, -0.05) is 74.1 Å². The summed E-state index contributed by atoms with van der Waals surface area (Å²) in [6.45, 7) is 16.7. The molecule has 12 heteroatoms. The number of rotatable bonds is 10. The van der Waals surface area contributed by atoms with E-state index in [1.807, 2.05) is 27.7 Å². The van der Waals surface area contributed by atoms with Crippen LogP contribution in [0.15, 0.2) is 21.3 Å². The minimum atomic E-state index is -0.568. The van der Waals surface area contributed by atoms with E-state index < -0.39 is 5.91 Å². The van der Waals surface area contributed by atoms with Gasteiger partial charge in [-0.05, 0) is 51.0 Å². The van der Waals surface area contributed by atoms with Crippen LogP contribution in [0.3, 0.4) is 0 Å². The number of amides is 1. The Labute approximate surface area is 290 Å². The maximum atomic E-state index is 13.7. The van der Waals surface area contributed by atoms with E-state index in [0.717, 1.165) is 0 Å². The molecule has 46 heavy (non-hydrogen) atoms. The molecule has 0 fully saturated rings. The number of nitrogens with two attached hydrogens (primary N) is 1. The summed E-state index contributed by atoms with van der Waals surface area (Å²) in [7, 11) is 0. The van der Waals surface area contributed by atoms with Crippen LogP contribution in [0, 0.1) is 27.7 Å². The molecule has 0 atom stereocenters. The molecule has 0 bridgehead atoms. The Hall–Kier alpha value is -2.56. The molecular weight excluding hydrogens is 674 g/mol. The van der Waals surface area contributed by atoms with Crippen molar-refractivity contribution in [2.75, 3.05) is 39.5 Å². The number of ether oxygens (including phenoxy) is 2. The van der Waals surface area contributed by atoms with Crippen LogP contribution in [-0.2, 0) is 9.47 Å². The van der Waals surface area contributed by atoms with Crippen LogP contribution < -0.4 is 16.5 Å². The molecule has 1 aliphatic heterocycles. The minimum absolute atomic E-state index is 0.0109. The van der Waals surface area contributed by atoms with Gasteiger partial charge in [-0.25, -0.2) is 0 Å². The molecule has 252 valence electrons. The summed E-state index contributed by atoms with van der Waals surface area (Å²) < 4.78 is 17.1. The van der Waals surface area contributed by atoms with E-state index >= 15 is 0 Å². The molecule has 0 radical (unpaired) electrons. The second-order valence-electron chi connectivity index (χ2n) is 9.82. The highest BCUT2D eigenvalue weighted by Crippen LogP contribution is 2.52. The number of carbonyl (C=O) groups excluding carboxylic acids is 1. The highest BCUT2D eigenvalue weighted by molar-refractivity contribution is 6.54. The molecule has 1 amide bonds. The van der Waals surface area contributed by atoms with E-state index in [1.54, 1.807) is 39.8 Å². The first-order chi connectivity index (χ1) is 21.9. The van der Waals surface area contributed by atoms with Gasteiger partial charge in [0.25, 0.3) is 5.91 Å². The lowest BCUT2D eigenvalue weighted by Gasteiger charge is -2.23. The van der Waals surface area contributed by atoms with Crippen molar-refractivity contribution in [1.29, 1.82) is 0 Å². The monoisotopic (exact) mass is 714 g/mol. The second-order valence-corrected chi connectivity index (χ2v) is 11.3. The third-order valence-electron chi connectivity index (χ3n) is 6.97. The van der Waals surface area contributed by atoms with E-state index in [0.29, 0.717) is 70.7 Å². The Bertz CT molecular complexity index is 1720. The lowest BCUT2D eigenvalue weighted by Crippen LogP contribution is -2.28. The lowest BCUT2D eigenvalue weighted by molar-refractivity contribution is 0.0511. The Morgan fingerprint density at radius 3 is 2.02 bits per heavy atom. The van der Waals surface area contributed by atoms with Crippen molar-refractivity contribution in [2.45, 2.75) is 55.4 Å². The Kier molecular flexibility index (Phi) is 15.6. The van der Waals surface area contributed by atoms with Crippen LogP contribution in [0.2, 0.25) is 20.1 Å². The van der Waals surface area contributed by atoms with Gasteiger partial charge in [-0.3, -0.25) is 9.59 Å². The number of phenols is 1. The third kappa shape index (κ3) is 8.11. The molecule has 4 N–H and O–H groups in total. The topological polar surface area (TPSA) is 124 Å². The van der Waals surface area contributed by atoms with Gasteiger partial charge in [-0.15, -0.1) is 0 Å². The lowest BCUT2D eigenvalue weighted by atomic mass is 9.87. The van der Waals surface area contributed by atoms with E-state index in [-0.39, 0.29) is 61.3 Å². The molecule has 0 unspecified atom stereocenters. The van der Waals surface area contributed by atoms with E-state index in [1.165, 1.54) is 0 Å². The minimum Gasteiger partial charge on any atom is -0.507 e. The van der Waals surface area contributed by atoms with Crippen LogP contribution >= 0.6 is 46.4 Å². The fourth-order valence-electron chi connectivity index (χ4n) is 4.87. The van der Waals surface area contributed by atoms with Gasteiger partial charge in [0.15, 0.2) is 5.43 Å². The summed E-state index contributed by atoms with van der Waals surface area (Å²) in [4.78, 5) is 26.7. The van der Waals surface area contributed by atoms with Gasteiger partial charge in [-0.2, -0.15) is 0 Å². The zero-order valence-electron chi connectivity index (χ0n) is 27.5. The zero-order chi connectivity index (χ0) is 34.9. The Morgan fingerprint density at radius 2 is 1.41 bits per heavy atom. The molecule has 4 rings (SSSR count). The number of fused-ring (bicyclic) bond motifs is 2. The standard InChI is InChI=1S/C30H30Cl4N2O6.2C2H6/c1-13-11-17-19(18-12-14(2)27(38)16(4)29(18)42-28(17)15(3)26(13)37)20-21(23(32)25(34)24(33)22(20)31)30(39)36-6-8-41-10-9-40-7-5-35;2*1-2/h11-12,37H,5-10,35H2,1-4H3,(H,36,39);2*1-2H3. The molecule has 2 aromatic carbocycles. The number of carbonyl (C=O) groups is 1. The summed E-state index contributed by atoms with van der Waals surface area (Å²) >= 11 is 26.6. The zero-order valence-corrected chi connectivity index (χ0v) is 30.5. The highest BCUT2D eigenvalue weighted by Gasteiger charge is 2.31. The number of phenolic OH excluding ortho intramolecular Hbond substituents is 1. The van der Waals surface area contributed by atoms with Crippen LogP contribution in [0.25, 0.3) is 33.4 Å². The second kappa shape index (κ2) is 18.1. The SMILES string of the molecule is CC.CC.Cc1cc2c(-c3c(Cl)c(Cl)c(Cl)c(Cl)c3C(=O)NCCOCCOCCN)c3cc(C)c(=O)c(C)c-3oc2c(C)c1O. The van der Waals surface area contributed by atoms with Gasteiger partial charge >= 0.3 is 0 Å². The number of nitrogens with one attached hydrogen (secondary N) is 1. The van der Waals surface area contributed by atoms with Crippen LogP contribution in [0.5, 0.6) is 5.75 Å². The molecule has 2 aromatic rings. The summed E-state index contributed by atoms with van der Waals surface area (Å²) in [6, 6.07) is 3.40. The van der Waals surface area contributed by atoms with Gasteiger partial charge in [0, 0.05) is 46.3 Å². The third-order valence-corrected chi connectivity index (χ3v) is 8.77. The Morgan fingerprint density at radius 1 is 0.826 bits per heavy atom. The van der Waals surface area contributed by atoms with Gasteiger partial charge < -0.3 is 30.0 Å². The van der Waals surface area contributed by atoms with Crippen LogP contribution in [0.4, 0.5) is 0 Å². The number of aromatic hydroxyl groups is 1. The van der Waals surface area contributed by atoms with Crippen molar-refractivity contribution in [2.24, 2.45) is 5.73 Å². The van der Waals surface area contributed by atoms with E-state index in [9.17, 15) is 14.7 Å². The first-order valence-corrected chi connectivity index (χ1v) is 16.6. The quantitative estimate of drug-likeness (QED) is 0.0648. The van der Waals surface area contributed by atoms with Crippen molar-refractivity contribution in [3.05, 3.63) is 70.3 Å². The highest BCUT2D eigenvalue weighted by atomic mass is 35.5. The van der Waals surface area contributed by atoms with Crippen LogP contribution in [-0.4, -0.2) is 50.5 Å². The molecule has 2 aliphatic rings. The van der Waals surface area contributed by atoms with Gasteiger partial charge in [0.2, 0.25) is 0 Å². The number of benzene rings is 3. The fourth-order valence-corrected chi connectivity index (χ4v) is 5.90. The fraction of sp³-hybridized carbons (Fsp3) is 0.412. The number of aryl methyl sites for hydroxylation is 3. The first-order valence-electron chi connectivity index (χ1n) is 15.1. The average Bonchev–Trinajstić information content (AvgIpc) is 3.06. The summed E-state index contributed by atoms with van der Waals surface area (Å²) in [6.07, 6.45) is 0. The summed E-state index contributed by atoms with van der Waals surface area (Å²) in [5, 5.41) is 13.8. The number of hydrogen-bond acceptors (Lipinski definition) is 7. The number of hydrogen-bond donors (Lipinski definition) is 3. The van der Waals surface area contributed by atoms with Crippen molar-refractivity contribution < 1.29 is 23.8 Å². The summed E-state index contributed by atoms with van der Waals surface area (Å²) in [5.41, 5.74) is 8.48. The van der Waals surface area contributed by atoms with Crippen molar-refractivity contribution in [1.82, 2.24) is 5.32 Å². The van der Waals surface area contributed by atoms with Gasteiger partial charge in [0.1, 0.15) is 17.1 Å². The molecule has 0 saturated heterocycles. The largest absolute Gasteiger partial charge is 0.507 e. The molecular formula is C34H42Cl4N2O6. The molecule has 1 aliphatic carbocycles. The maximum absolute atomic E-state index is 13.7. The molecule has 0 spiro atoms. The van der Waals surface area contributed by atoms with Crippen molar-refractivity contribution in [3.8, 4) is 28.2 Å². The predicted molar refractivity (Wildman–Crippen MR) is 191 cm³/mol. The average molecular weight is 717 g/mol. The van der Waals surface area contributed by atoms with Crippen molar-refractivity contribution >= 4 is 63.3 Å². The van der Waals surface area contributed by atoms with Gasteiger partial charge in [0.05, 0.1) is 52.1 Å². The summed E-state index contributed by atoms with van der Waals surface area (Å²) in [5.74, 6) is -0.260. The molecule has 0 aromatic heterocycles. The molecule has 8 nitrogen and oxygen atoms in total. The van der Waals surface area contributed by atoms with Crippen LogP contribution in [0.1, 0.15) is 60.3 Å². The van der Waals surface area contributed by atoms with Crippen molar-refractivity contribution in [3.63, 3.8) is 0 Å².